The summed E-state index contributed by atoms with van der Waals surface area (Å²) >= 11 is 0. The van der Waals surface area contributed by atoms with Gasteiger partial charge >= 0.3 is 6.09 Å². The average Bonchev–Trinajstić information content (AvgIpc) is 3.00. The number of carbonyl (C=O) groups excluding carboxylic acids is 2. The molecule has 0 aliphatic carbocycles. The van der Waals surface area contributed by atoms with Gasteiger partial charge < -0.3 is 14.5 Å². The lowest BCUT2D eigenvalue weighted by atomic mass is 9.90. The Bertz CT molecular complexity index is 743. The lowest BCUT2D eigenvalue weighted by Crippen LogP contribution is -2.49. The zero-order valence-electron chi connectivity index (χ0n) is 16.1. The number of benzene rings is 1. The Balaban J connectivity index is 1.63. The molecule has 6 heteroatoms. The molecule has 0 atom stereocenters. The Hall–Kier alpha value is -2.55. The summed E-state index contributed by atoms with van der Waals surface area (Å²) in [6.07, 6.45) is 3.15. The maximum atomic E-state index is 12.8. The number of hydrogen-bond donors (Lipinski definition) is 0. The first-order chi connectivity index (χ1) is 13.0. The van der Waals surface area contributed by atoms with Gasteiger partial charge in [-0.1, -0.05) is 38.8 Å². The third-order valence-electron chi connectivity index (χ3n) is 5.91. The Morgan fingerprint density at radius 2 is 1.93 bits per heavy atom. The molecule has 0 bridgehead atoms. The molecule has 2 aliphatic heterocycles. The second kappa shape index (κ2) is 7.99. The van der Waals surface area contributed by atoms with Gasteiger partial charge in [0.2, 0.25) is 0 Å². The van der Waals surface area contributed by atoms with Gasteiger partial charge in [0, 0.05) is 32.5 Å². The van der Waals surface area contributed by atoms with Crippen LogP contribution in [0, 0.1) is 17.2 Å². The van der Waals surface area contributed by atoms with E-state index in [4.69, 9.17) is 4.74 Å². The van der Waals surface area contributed by atoms with Crippen molar-refractivity contribution >= 4 is 12.0 Å². The predicted molar refractivity (Wildman–Crippen MR) is 101 cm³/mol. The fraction of sp³-hybridized carbons (Fsp3) is 0.571. The molecule has 0 radical (unpaired) electrons. The molecule has 6 nitrogen and oxygen atoms in total. The van der Waals surface area contributed by atoms with Crippen molar-refractivity contribution < 1.29 is 14.3 Å². The van der Waals surface area contributed by atoms with Gasteiger partial charge in [0.1, 0.15) is 5.60 Å². The minimum atomic E-state index is -0.478. The molecule has 27 heavy (non-hydrogen) atoms. The molecule has 0 saturated carbocycles. The highest BCUT2D eigenvalue weighted by atomic mass is 16.6. The second-order valence-electron chi connectivity index (χ2n) is 7.56. The molecule has 2 amide bonds. The summed E-state index contributed by atoms with van der Waals surface area (Å²) in [6.45, 7) is 6.71. The largest absolute Gasteiger partial charge is 0.441 e. The van der Waals surface area contributed by atoms with E-state index in [1.54, 1.807) is 29.2 Å². The van der Waals surface area contributed by atoms with Crippen LogP contribution < -0.4 is 0 Å². The van der Waals surface area contributed by atoms with E-state index in [0.29, 0.717) is 49.5 Å². The molecule has 3 rings (SSSR count). The third kappa shape index (κ3) is 3.92. The molecule has 0 unspecified atom stereocenters. The maximum Gasteiger partial charge on any atom is 0.410 e. The smallest absolute Gasteiger partial charge is 0.410 e. The van der Waals surface area contributed by atoms with Gasteiger partial charge in [-0.2, -0.15) is 5.26 Å². The van der Waals surface area contributed by atoms with E-state index >= 15 is 0 Å². The number of nitriles is 1. The molecule has 1 aromatic carbocycles. The van der Waals surface area contributed by atoms with Gasteiger partial charge in [0.15, 0.2) is 0 Å². The highest BCUT2D eigenvalue weighted by molar-refractivity contribution is 5.96. The average molecular weight is 369 g/mol. The van der Waals surface area contributed by atoms with Crippen LogP contribution in [0.1, 0.15) is 55.5 Å². The van der Waals surface area contributed by atoms with Crippen LogP contribution in [0.2, 0.25) is 0 Å². The molecule has 144 valence electrons. The van der Waals surface area contributed by atoms with Gasteiger partial charge in [0.05, 0.1) is 23.7 Å². The topological polar surface area (TPSA) is 73.6 Å². The van der Waals surface area contributed by atoms with E-state index in [9.17, 15) is 14.9 Å². The van der Waals surface area contributed by atoms with E-state index in [1.807, 2.05) is 4.90 Å². The van der Waals surface area contributed by atoms with Crippen molar-refractivity contribution in [3.8, 4) is 6.07 Å². The highest BCUT2D eigenvalue weighted by Gasteiger charge is 2.47. The molecular weight excluding hydrogens is 342 g/mol. The number of rotatable bonds is 5. The van der Waals surface area contributed by atoms with Crippen molar-refractivity contribution in [2.75, 3.05) is 26.2 Å². The number of hydrogen-bond acceptors (Lipinski definition) is 4. The van der Waals surface area contributed by atoms with E-state index < -0.39 is 5.60 Å². The fourth-order valence-electron chi connectivity index (χ4n) is 4.01. The summed E-state index contributed by atoms with van der Waals surface area (Å²) in [5.74, 6) is 0.372. The Morgan fingerprint density at radius 3 is 2.56 bits per heavy atom. The van der Waals surface area contributed by atoms with Crippen LogP contribution in [0.15, 0.2) is 24.3 Å². The SMILES string of the molecule is CCC(CC)CN1CC2(CCN(C(=O)c3ccccc3C#N)CC2)OC1=O. The summed E-state index contributed by atoms with van der Waals surface area (Å²) in [4.78, 5) is 28.7. The van der Waals surface area contributed by atoms with Crippen LogP contribution in [0.5, 0.6) is 0 Å². The van der Waals surface area contributed by atoms with Crippen LogP contribution in [0.25, 0.3) is 0 Å². The predicted octanol–water partition coefficient (Wildman–Crippen LogP) is 3.42. The zero-order valence-corrected chi connectivity index (χ0v) is 16.1. The monoisotopic (exact) mass is 369 g/mol. The number of nitrogens with zero attached hydrogens (tertiary/aromatic N) is 3. The maximum absolute atomic E-state index is 12.8. The fourth-order valence-corrected chi connectivity index (χ4v) is 4.01. The number of carbonyl (C=O) groups is 2. The van der Waals surface area contributed by atoms with E-state index in [0.717, 1.165) is 19.4 Å². The molecular formula is C21H27N3O3. The lowest BCUT2D eigenvalue weighted by molar-refractivity contribution is 0.00311. The van der Waals surface area contributed by atoms with Crippen molar-refractivity contribution in [1.82, 2.24) is 9.80 Å². The third-order valence-corrected chi connectivity index (χ3v) is 5.91. The number of piperidine rings is 1. The van der Waals surface area contributed by atoms with Crippen molar-refractivity contribution in [3.63, 3.8) is 0 Å². The van der Waals surface area contributed by atoms with Crippen LogP contribution in [0.3, 0.4) is 0 Å². The van der Waals surface area contributed by atoms with Gasteiger partial charge in [-0.15, -0.1) is 0 Å². The van der Waals surface area contributed by atoms with Crippen LogP contribution >= 0.6 is 0 Å². The second-order valence-corrected chi connectivity index (χ2v) is 7.56. The summed E-state index contributed by atoms with van der Waals surface area (Å²) in [7, 11) is 0. The normalized spacial score (nSPS) is 18.7. The standard InChI is InChI=1S/C21H27N3O3/c1-3-16(4-2)14-24-15-21(27-20(24)26)9-11-23(12-10-21)19(25)18-8-6-5-7-17(18)13-22/h5-8,16H,3-4,9-12,14-15H2,1-2H3. The summed E-state index contributed by atoms with van der Waals surface area (Å²) in [5, 5.41) is 9.22. The highest BCUT2D eigenvalue weighted by Crippen LogP contribution is 2.34. The molecule has 2 aliphatic rings. The number of ether oxygens (including phenoxy) is 1. The van der Waals surface area contributed by atoms with Crippen LogP contribution in [-0.2, 0) is 4.74 Å². The number of likely N-dealkylation sites (tertiary alicyclic amines) is 1. The van der Waals surface area contributed by atoms with Gasteiger partial charge in [-0.25, -0.2) is 4.79 Å². The van der Waals surface area contributed by atoms with Crippen molar-refractivity contribution in [2.24, 2.45) is 5.92 Å². The molecule has 0 aromatic heterocycles. The molecule has 1 spiro atoms. The van der Waals surface area contributed by atoms with Crippen molar-refractivity contribution in [1.29, 1.82) is 5.26 Å². The minimum Gasteiger partial charge on any atom is -0.441 e. The van der Waals surface area contributed by atoms with Gasteiger partial charge in [-0.3, -0.25) is 4.79 Å². The van der Waals surface area contributed by atoms with E-state index in [2.05, 4.69) is 19.9 Å². The van der Waals surface area contributed by atoms with Crippen molar-refractivity contribution in [3.05, 3.63) is 35.4 Å². The molecule has 0 N–H and O–H groups in total. The molecule has 2 heterocycles. The summed E-state index contributed by atoms with van der Waals surface area (Å²) in [5.41, 5.74) is 0.357. The van der Waals surface area contributed by atoms with E-state index in [1.165, 1.54) is 0 Å². The Labute approximate surface area is 160 Å². The molecule has 2 saturated heterocycles. The van der Waals surface area contributed by atoms with Gasteiger partial charge in [-0.05, 0) is 18.1 Å². The van der Waals surface area contributed by atoms with Crippen LogP contribution in [-0.4, -0.2) is 53.6 Å². The quantitative estimate of drug-likeness (QED) is 0.797. The number of amides is 2. The van der Waals surface area contributed by atoms with Crippen molar-refractivity contribution in [2.45, 2.75) is 45.1 Å². The summed E-state index contributed by atoms with van der Waals surface area (Å²) < 4.78 is 5.77. The molecule has 2 fully saturated rings. The summed E-state index contributed by atoms with van der Waals surface area (Å²) in [6, 6.07) is 8.96. The zero-order chi connectivity index (χ0) is 19.4. The first-order valence-corrected chi connectivity index (χ1v) is 9.78. The Morgan fingerprint density at radius 1 is 1.26 bits per heavy atom. The van der Waals surface area contributed by atoms with Crippen LogP contribution in [0.4, 0.5) is 4.79 Å². The first kappa shape index (κ1) is 19.2. The minimum absolute atomic E-state index is 0.125. The first-order valence-electron chi connectivity index (χ1n) is 9.78. The Kier molecular flexibility index (Phi) is 5.69. The molecule has 1 aromatic rings. The van der Waals surface area contributed by atoms with E-state index in [-0.39, 0.29) is 12.0 Å². The lowest BCUT2D eigenvalue weighted by Gasteiger charge is -2.37. The van der Waals surface area contributed by atoms with Gasteiger partial charge in [0.25, 0.3) is 5.91 Å².